The Labute approximate surface area is 104 Å². The highest BCUT2D eigenvalue weighted by Crippen LogP contribution is 2.32. The van der Waals surface area contributed by atoms with Gasteiger partial charge in [0.05, 0.1) is 0 Å². The van der Waals surface area contributed by atoms with Crippen LogP contribution in [0.2, 0.25) is 0 Å². The zero-order valence-corrected chi connectivity index (χ0v) is 11.7. The Morgan fingerprint density at radius 3 is 2.00 bits per heavy atom. The SMILES string of the molecule is Cc1ccc(C(=O)C(C)(C)C(C)(C)N)cc1C. The lowest BCUT2D eigenvalue weighted by molar-refractivity contribution is 0.0735. The van der Waals surface area contributed by atoms with E-state index in [1.54, 1.807) is 0 Å². The van der Waals surface area contributed by atoms with Gasteiger partial charge in [0.15, 0.2) is 5.78 Å². The second-order valence-electron chi connectivity index (χ2n) is 5.97. The van der Waals surface area contributed by atoms with Gasteiger partial charge >= 0.3 is 0 Å². The van der Waals surface area contributed by atoms with Gasteiger partial charge in [-0.25, -0.2) is 0 Å². The van der Waals surface area contributed by atoms with Crippen LogP contribution >= 0.6 is 0 Å². The van der Waals surface area contributed by atoms with Gasteiger partial charge in [0.25, 0.3) is 0 Å². The predicted octanol–water partition coefficient (Wildman–Crippen LogP) is 3.25. The molecular formula is C15H23NO. The molecule has 1 rings (SSSR count). The third kappa shape index (κ3) is 2.58. The summed E-state index contributed by atoms with van der Waals surface area (Å²) in [6, 6.07) is 5.82. The molecule has 0 aliphatic carbocycles. The second-order valence-corrected chi connectivity index (χ2v) is 5.97. The molecule has 0 amide bonds. The van der Waals surface area contributed by atoms with Crippen LogP contribution in [0.4, 0.5) is 0 Å². The van der Waals surface area contributed by atoms with E-state index in [1.807, 2.05) is 59.7 Å². The molecule has 94 valence electrons. The molecule has 0 saturated heterocycles. The molecule has 0 radical (unpaired) electrons. The number of hydrogen-bond acceptors (Lipinski definition) is 2. The number of rotatable bonds is 3. The highest BCUT2D eigenvalue weighted by molar-refractivity contribution is 6.01. The van der Waals surface area contributed by atoms with Crippen LogP contribution in [-0.4, -0.2) is 11.3 Å². The van der Waals surface area contributed by atoms with Crippen molar-refractivity contribution < 1.29 is 4.79 Å². The first-order valence-electron chi connectivity index (χ1n) is 5.98. The van der Waals surface area contributed by atoms with E-state index in [9.17, 15) is 4.79 Å². The molecule has 2 nitrogen and oxygen atoms in total. The van der Waals surface area contributed by atoms with Gasteiger partial charge in [-0.3, -0.25) is 4.79 Å². The predicted molar refractivity (Wildman–Crippen MR) is 72.3 cm³/mol. The second kappa shape index (κ2) is 4.26. The van der Waals surface area contributed by atoms with Crippen LogP contribution in [0, 0.1) is 19.3 Å². The third-order valence-corrected chi connectivity index (χ3v) is 3.95. The van der Waals surface area contributed by atoms with Crippen LogP contribution in [0.15, 0.2) is 18.2 Å². The summed E-state index contributed by atoms with van der Waals surface area (Å²) in [6.45, 7) is 11.7. The van der Waals surface area contributed by atoms with Crippen LogP contribution in [0.5, 0.6) is 0 Å². The van der Waals surface area contributed by atoms with Crippen LogP contribution in [0.1, 0.15) is 49.2 Å². The summed E-state index contributed by atoms with van der Waals surface area (Å²) < 4.78 is 0. The van der Waals surface area contributed by atoms with E-state index in [4.69, 9.17) is 5.73 Å². The van der Waals surface area contributed by atoms with Crippen molar-refractivity contribution in [2.75, 3.05) is 0 Å². The Balaban J connectivity index is 3.17. The maximum Gasteiger partial charge on any atom is 0.170 e. The fourth-order valence-electron chi connectivity index (χ4n) is 1.54. The Bertz CT molecular complexity index is 439. The molecule has 0 spiro atoms. The molecule has 0 saturated carbocycles. The molecule has 0 unspecified atom stereocenters. The van der Waals surface area contributed by atoms with Gasteiger partial charge in [-0.2, -0.15) is 0 Å². The molecule has 0 fully saturated rings. The summed E-state index contributed by atoms with van der Waals surface area (Å²) in [4.78, 5) is 12.5. The average molecular weight is 233 g/mol. The van der Waals surface area contributed by atoms with Crippen molar-refractivity contribution in [3.05, 3.63) is 34.9 Å². The summed E-state index contributed by atoms with van der Waals surface area (Å²) in [5, 5.41) is 0. The van der Waals surface area contributed by atoms with E-state index in [-0.39, 0.29) is 5.78 Å². The van der Waals surface area contributed by atoms with Crippen LogP contribution in [0.25, 0.3) is 0 Å². The van der Waals surface area contributed by atoms with E-state index in [0.717, 1.165) is 11.1 Å². The standard InChI is InChI=1S/C15H23NO/c1-10-7-8-12(9-11(10)2)13(17)14(3,4)15(5,6)16/h7-9H,16H2,1-6H3. The van der Waals surface area contributed by atoms with Gasteiger partial charge in [-0.05, 0) is 44.9 Å². The molecule has 0 aliphatic heterocycles. The Kier molecular flexibility index (Phi) is 3.49. The molecule has 2 N–H and O–H groups in total. The van der Waals surface area contributed by atoms with Crippen molar-refractivity contribution in [2.45, 2.75) is 47.1 Å². The molecule has 0 aromatic heterocycles. The van der Waals surface area contributed by atoms with Crippen molar-refractivity contribution in [3.8, 4) is 0 Å². The van der Waals surface area contributed by atoms with E-state index in [2.05, 4.69) is 0 Å². The number of Topliss-reactive ketones (excluding diaryl/α,β-unsaturated/α-hetero) is 1. The van der Waals surface area contributed by atoms with Crippen LogP contribution in [-0.2, 0) is 0 Å². The minimum Gasteiger partial charge on any atom is -0.325 e. The average Bonchev–Trinajstić information content (AvgIpc) is 2.19. The molecular weight excluding hydrogens is 210 g/mol. The van der Waals surface area contributed by atoms with E-state index >= 15 is 0 Å². The minimum atomic E-state index is -0.575. The summed E-state index contributed by atoms with van der Waals surface area (Å²) in [6.07, 6.45) is 0. The fourth-order valence-corrected chi connectivity index (χ4v) is 1.54. The van der Waals surface area contributed by atoms with Crippen molar-refractivity contribution >= 4 is 5.78 Å². The normalized spacial score (nSPS) is 12.6. The van der Waals surface area contributed by atoms with E-state index in [1.165, 1.54) is 5.56 Å². The highest BCUT2D eigenvalue weighted by Gasteiger charge is 2.40. The number of ketones is 1. The maximum atomic E-state index is 12.5. The van der Waals surface area contributed by atoms with E-state index in [0.29, 0.717) is 0 Å². The van der Waals surface area contributed by atoms with E-state index < -0.39 is 11.0 Å². The van der Waals surface area contributed by atoms with Gasteiger partial charge in [-0.1, -0.05) is 26.0 Å². The number of benzene rings is 1. The summed E-state index contributed by atoms with van der Waals surface area (Å²) >= 11 is 0. The van der Waals surface area contributed by atoms with Crippen LogP contribution in [0.3, 0.4) is 0 Å². The lowest BCUT2D eigenvalue weighted by Crippen LogP contribution is -2.51. The van der Waals surface area contributed by atoms with Crippen molar-refractivity contribution in [3.63, 3.8) is 0 Å². The monoisotopic (exact) mass is 233 g/mol. The smallest absolute Gasteiger partial charge is 0.170 e. The summed E-state index contributed by atoms with van der Waals surface area (Å²) in [5.41, 5.74) is 8.07. The first kappa shape index (κ1) is 13.9. The van der Waals surface area contributed by atoms with Crippen molar-refractivity contribution in [1.29, 1.82) is 0 Å². The first-order valence-corrected chi connectivity index (χ1v) is 5.98. The van der Waals surface area contributed by atoms with Gasteiger partial charge in [0.1, 0.15) is 0 Å². The van der Waals surface area contributed by atoms with Crippen molar-refractivity contribution in [1.82, 2.24) is 0 Å². The Morgan fingerprint density at radius 1 is 1.06 bits per heavy atom. The third-order valence-electron chi connectivity index (χ3n) is 3.95. The fraction of sp³-hybridized carbons (Fsp3) is 0.533. The van der Waals surface area contributed by atoms with Crippen LogP contribution < -0.4 is 5.73 Å². The van der Waals surface area contributed by atoms with Gasteiger partial charge in [-0.15, -0.1) is 0 Å². The Hall–Kier alpha value is -1.15. The highest BCUT2D eigenvalue weighted by atomic mass is 16.1. The lowest BCUT2D eigenvalue weighted by atomic mass is 9.70. The number of carbonyl (C=O) groups excluding carboxylic acids is 1. The Morgan fingerprint density at radius 2 is 1.59 bits per heavy atom. The maximum absolute atomic E-state index is 12.5. The van der Waals surface area contributed by atoms with Gasteiger partial charge in [0, 0.05) is 16.5 Å². The van der Waals surface area contributed by atoms with Crippen molar-refractivity contribution in [2.24, 2.45) is 11.1 Å². The zero-order valence-electron chi connectivity index (χ0n) is 11.7. The first-order chi connectivity index (χ1) is 7.57. The quantitative estimate of drug-likeness (QED) is 0.814. The summed E-state index contributed by atoms with van der Waals surface area (Å²) in [7, 11) is 0. The number of nitrogens with two attached hydrogens (primary N) is 1. The lowest BCUT2D eigenvalue weighted by Gasteiger charge is -2.37. The largest absolute Gasteiger partial charge is 0.325 e. The molecule has 17 heavy (non-hydrogen) atoms. The molecule has 0 atom stereocenters. The topological polar surface area (TPSA) is 43.1 Å². The van der Waals surface area contributed by atoms with Gasteiger partial charge < -0.3 is 5.73 Å². The molecule has 0 aliphatic rings. The zero-order chi connectivity index (χ0) is 13.4. The minimum absolute atomic E-state index is 0.105. The molecule has 2 heteroatoms. The number of carbonyl (C=O) groups is 1. The molecule has 1 aromatic rings. The van der Waals surface area contributed by atoms with Gasteiger partial charge in [0.2, 0.25) is 0 Å². The number of hydrogen-bond donors (Lipinski definition) is 1. The summed E-state index contributed by atoms with van der Waals surface area (Å²) in [5.74, 6) is 0.105. The molecule has 1 aromatic carbocycles. The molecule has 0 bridgehead atoms. The molecule has 0 heterocycles. The number of aryl methyl sites for hydroxylation is 2.